The highest BCUT2D eigenvalue weighted by molar-refractivity contribution is 7.99. The first kappa shape index (κ1) is 10.9. The molecule has 17 heavy (non-hydrogen) atoms. The van der Waals surface area contributed by atoms with Crippen LogP contribution in [0.3, 0.4) is 0 Å². The van der Waals surface area contributed by atoms with E-state index in [4.69, 9.17) is 16.6 Å². The number of rotatable bonds is 1. The third-order valence-corrected chi connectivity index (χ3v) is 4.22. The van der Waals surface area contributed by atoms with Gasteiger partial charge in [0.15, 0.2) is 0 Å². The fourth-order valence-electron chi connectivity index (χ4n) is 1.87. The largest absolute Gasteiger partial charge is 0.468 e. The van der Waals surface area contributed by atoms with Crippen molar-refractivity contribution in [3.63, 3.8) is 0 Å². The highest BCUT2D eigenvalue weighted by atomic mass is 32.2. The van der Waals surface area contributed by atoms with Crippen molar-refractivity contribution in [3.05, 3.63) is 48.4 Å². The lowest BCUT2D eigenvalue weighted by atomic mass is 10.2. The number of anilines is 1. The zero-order chi connectivity index (χ0) is 11.7. The Kier molecular flexibility index (Phi) is 2.91. The minimum absolute atomic E-state index is 0.258. The van der Waals surface area contributed by atoms with Gasteiger partial charge in [0, 0.05) is 11.3 Å². The monoisotopic (exact) mass is 261 g/mol. The van der Waals surface area contributed by atoms with E-state index < -0.39 is 0 Å². The SMILES string of the molecule is S=C1C[C@H](c2ccco2)Sc2ccccc2N1. The van der Waals surface area contributed by atoms with E-state index in [0.29, 0.717) is 0 Å². The molecular formula is C13H11NOS2. The molecule has 1 atom stereocenters. The molecule has 1 N–H and O–H groups in total. The number of para-hydroxylation sites is 1. The summed E-state index contributed by atoms with van der Waals surface area (Å²) in [6.45, 7) is 0. The van der Waals surface area contributed by atoms with E-state index in [0.717, 1.165) is 22.9 Å². The van der Waals surface area contributed by atoms with Crippen molar-refractivity contribution in [2.24, 2.45) is 0 Å². The van der Waals surface area contributed by atoms with Crippen molar-refractivity contribution in [1.82, 2.24) is 0 Å². The third-order valence-electron chi connectivity index (χ3n) is 2.66. The van der Waals surface area contributed by atoms with Gasteiger partial charge >= 0.3 is 0 Å². The highest BCUT2D eigenvalue weighted by Gasteiger charge is 2.23. The van der Waals surface area contributed by atoms with Crippen LogP contribution in [0, 0.1) is 0 Å². The summed E-state index contributed by atoms with van der Waals surface area (Å²) in [6.07, 6.45) is 2.52. The number of hydrogen-bond acceptors (Lipinski definition) is 3. The standard InChI is InChI=1S/C13H11NOS2/c16-13-8-12(10-5-3-7-15-10)17-11-6-2-1-4-9(11)14-13/h1-7,12H,8H2,(H,14,16)/t12-/m1/s1. The summed E-state index contributed by atoms with van der Waals surface area (Å²) < 4.78 is 5.48. The Morgan fingerprint density at radius 2 is 2.12 bits per heavy atom. The summed E-state index contributed by atoms with van der Waals surface area (Å²) in [5, 5.41) is 3.54. The Balaban J connectivity index is 1.98. The van der Waals surface area contributed by atoms with E-state index in [1.54, 1.807) is 18.0 Å². The van der Waals surface area contributed by atoms with Gasteiger partial charge in [-0.15, -0.1) is 11.8 Å². The Bertz CT molecular complexity index is 536. The zero-order valence-corrected chi connectivity index (χ0v) is 10.7. The Hall–Kier alpha value is -1.26. The number of furan rings is 1. The molecule has 2 heterocycles. The molecule has 0 unspecified atom stereocenters. The van der Waals surface area contributed by atoms with Gasteiger partial charge in [0.1, 0.15) is 5.76 Å². The van der Waals surface area contributed by atoms with Gasteiger partial charge in [-0.05, 0) is 24.3 Å². The summed E-state index contributed by atoms with van der Waals surface area (Å²) >= 11 is 7.15. The number of benzene rings is 1. The Labute approximate surface area is 109 Å². The van der Waals surface area contributed by atoms with E-state index in [1.807, 2.05) is 24.3 Å². The van der Waals surface area contributed by atoms with Crippen LogP contribution in [-0.4, -0.2) is 4.99 Å². The summed E-state index contributed by atoms with van der Waals surface area (Å²) in [6, 6.07) is 12.1. The maximum absolute atomic E-state index is 5.48. The third kappa shape index (κ3) is 2.23. The first-order valence-corrected chi connectivity index (χ1v) is 6.70. The van der Waals surface area contributed by atoms with Crippen LogP contribution < -0.4 is 5.32 Å². The van der Waals surface area contributed by atoms with Crippen LogP contribution in [0.2, 0.25) is 0 Å². The first-order chi connectivity index (χ1) is 8.33. The molecule has 0 spiro atoms. The summed E-state index contributed by atoms with van der Waals surface area (Å²) in [7, 11) is 0. The molecular weight excluding hydrogens is 250 g/mol. The second-order valence-corrected chi connectivity index (χ2v) is 5.61. The Morgan fingerprint density at radius 3 is 2.94 bits per heavy atom. The van der Waals surface area contributed by atoms with Crippen LogP contribution in [0.25, 0.3) is 0 Å². The van der Waals surface area contributed by atoms with Gasteiger partial charge in [-0.2, -0.15) is 0 Å². The fourth-order valence-corrected chi connectivity index (χ4v) is 3.46. The van der Waals surface area contributed by atoms with Gasteiger partial charge in [-0.1, -0.05) is 24.4 Å². The second-order valence-electron chi connectivity index (χ2n) is 3.87. The summed E-state index contributed by atoms with van der Waals surface area (Å²) in [5.41, 5.74) is 1.09. The van der Waals surface area contributed by atoms with E-state index >= 15 is 0 Å². The van der Waals surface area contributed by atoms with Crippen molar-refractivity contribution in [2.75, 3.05) is 5.32 Å². The molecule has 0 saturated carbocycles. The molecule has 1 aliphatic rings. The minimum atomic E-state index is 0.258. The van der Waals surface area contributed by atoms with Gasteiger partial charge in [0.2, 0.25) is 0 Å². The number of thioether (sulfide) groups is 1. The minimum Gasteiger partial charge on any atom is -0.468 e. The molecule has 0 saturated heterocycles. The molecule has 0 fully saturated rings. The molecule has 0 amide bonds. The molecule has 1 aliphatic heterocycles. The first-order valence-electron chi connectivity index (χ1n) is 5.42. The summed E-state index contributed by atoms with van der Waals surface area (Å²) in [4.78, 5) is 2.08. The van der Waals surface area contributed by atoms with Gasteiger partial charge in [-0.3, -0.25) is 0 Å². The molecule has 0 aliphatic carbocycles. The van der Waals surface area contributed by atoms with Crippen molar-refractivity contribution in [3.8, 4) is 0 Å². The van der Waals surface area contributed by atoms with Crippen molar-refractivity contribution in [2.45, 2.75) is 16.6 Å². The second kappa shape index (κ2) is 4.55. The lowest BCUT2D eigenvalue weighted by Gasteiger charge is -2.10. The van der Waals surface area contributed by atoms with E-state index in [2.05, 4.69) is 17.4 Å². The number of thiocarbonyl (C=S) groups is 1. The highest BCUT2D eigenvalue weighted by Crippen LogP contribution is 2.43. The molecule has 2 aromatic rings. The summed E-state index contributed by atoms with van der Waals surface area (Å²) in [5.74, 6) is 0.982. The van der Waals surface area contributed by atoms with Crippen LogP contribution >= 0.6 is 24.0 Å². The van der Waals surface area contributed by atoms with Crippen molar-refractivity contribution in [1.29, 1.82) is 0 Å². The van der Waals surface area contributed by atoms with Crippen LogP contribution in [-0.2, 0) is 0 Å². The molecule has 0 bridgehead atoms. The lowest BCUT2D eigenvalue weighted by Crippen LogP contribution is -2.09. The topological polar surface area (TPSA) is 25.2 Å². The van der Waals surface area contributed by atoms with E-state index in [-0.39, 0.29) is 5.25 Å². The molecule has 86 valence electrons. The molecule has 3 rings (SSSR count). The van der Waals surface area contributed by atoms with Crippen LogP contribution in [0.1, 0.15) is 17.4 Å². The average molecular weight is 261 g/mol. The lowest BCUT2D eigenvalue weighted by molar-refractivity contribution is 0.509. The van der Waals surface area contributed by atoms with Gasteiger partial charge in [-0.25, -0.2) is 0 Å². The number of fused-ring (bicyclic) bond motifs is 1. The van der Waals surface area contributed by atoms with Crippen LogP contribution in [0.4, 0.5) is 5.69 Å². The van der Waals surface area contributed by atoms with Crippen LogP contribution in [0.5, 0.6) is 0 Å². The molecule has 4 heteroatoms. The smallest absolute Gasteiger partial charge is 0.117 e. The van der Waals surface area contributed by atoms with Crippen molar-refractivity contribution < 1.29 is 4.42 Å². The van der Waals surface area contributed by atoms with E-state index in [1.165, 1.54) is 4.90 Å². The number of nitrogens with one attached hydrogen (secondary N) is 1. The number of hydrogen-bond donors (Lipinski definition) is 1. The maximum atomic E-state index is 5.48. The normalized spacial score (nSPS) is 19.3. The quantitative estimate of drug-likeness (QED) is 0.776. The van der Waals surface area contributed by atoms with E-state index in [9.17, 15) is 0 Å². The molecule has 2 nitrogen and oxygen atoms in total. The predicted molar refractivity (Wildman–Crippen MR) is 74.6 cm³/mol. The van der Waals surface area contributed by atoms with Gasteiger partial charge in [0.25, 0.3) is 0 Å². The zero-order valence-electron chi connectivity index (χ0n) is 9.05. The average Bonchev–Trinajstić information content (AvgIpc) is 2.79. The Morgan fingerprint density at radius 1 is 1.24 bits per heavy atom. The fraction of sp³-hybridized carbons (Fsp3) is 0.154. The molecule has 0 radical (unpaired) electrons. The van der Waals surface area contributed by atoms with Crippen molar-refractivity contribution >= 4 is 34.7 Å². The molecule has 1 aromatic carbocycles. The molecule has 1 aromatic heterocycles. The van der Waals surface area contributed by atoms with Gasteiger partial charge < -0.3 is 9.73 Å². The van der Waals surface area contributed by atoms with Crippen LogP contribution in [0.15, 0.2) is 52.0 Å². The maximum Gasteiger partial charge on any atom is 0.117 e. The van der Waals surface area contributed by atoms with Gasteiger partial charge in [0.05, 0.1) is 22.2 Å². The predicted octanol–water partition coefficient (Wildman–Crippen LogP) is 4.26.